The molecule has 96 valence electrons. The predicted octanol–water partition coefficient (Wildman–Crippen LogP) is 0.789. The first-order valence-corrected chi connectivity index (χ1v) is 5.86. The standard InChI is InChI=1S/C11H14N4O2S/c1-17-5-4-12-11(18)13-7-2-3-8-9(6-7)15-10(16)14-8/h2-3,6H,4-5H2,1H3,(H2,12,13,18)(H2,14,15,16). The van der Waals surface area contributed by atoms with Crippen molar-refractivity contribution >= 4 is 34.1 Å². The Morgan fingerprint density at radius 2 is 2.17 bits per heavy atom. The van der Waals surface area contributed by atoms with Crippen molar-refractivity contribution < 1.29 is 4.74 Å². The molecule has 1 aromatic heterocycles. The van der Waals surface area contributed by atoms with E-state index in [1.165, 1.54) is 0 Å². The van der Waals surface area contributed by atoms with Crippen LogP contribution in [0.1, 0.15) is 0 Å². The molecule has 0 saturated heterocycles. The topological polar surface area (TPSA) is 81.9 Å². The number of imidazole rings is 1. The first kappa shape index (κ1) is 12.6. The molecule has 0 amide bonds. The molecule has 2 rings (SSSR count). The molecule has 0 unspecified atom stereocenters. The number of ether oxygens (including phenoxy) is 1. The van der Waals surface area contributed by atoms with Crippen LogP contribution in [0.3, 0.4) is 0 Å². The Hall–Kier alpha value is -1.86. The molecule has 2 aromatic rings. The lowest BCUT2D eigenvalue weighted by Crippen LogP contribution is -2.31. The number of fused-ring (bicyclic) bond motifs is 1. The Morgan fingerprint density at radius 3 is 2.94 bits per heavy atom. The van der Waals surface area contributed by atoms with Gasteiger partial charge in [0.2, 0.25) is 0 Å². The van der Waals surface area contributed by atoms with Gasteiger partial charge in [-0.15, -0.1) is 0 Å². The number of H-pyrrole nitrogens is 2. The van der Waals surface area contributed by atoms with Gasteiger partial charge in [-0.1, -0.05) is 0 Å². The van der Waals surface area contributed by atoms with Crippen LogP contribution < -0.4 is 16.3 Å². The first-order valence-electron chi connectivity index (χ1n) is 5.45. The third-order valence-electron chi connectivity index (χ3n) is 2.37. The summed E-state index contributed by atoms with van der Waals surface area (Å²) in [5.41, 5.74) is 2.10. The second-order valence-corrected chi connectivity index (χ2v) is 4.12. The van der Waals surface area contributed by atoms with E-state index in [2.05, 4.69) is 20.6 Å². The Kier molecular flexibility index (Phi) is 3.96. The Bertz CT molecular complexity index is 604. The maximum absolute atomic E-state index is 11.1. The molecule has 0 bridgehead atoms. The van der Waals surface area contributed by atoms with Crippen LogP contribution in [0.5, 0.6) is 0 Å². The van der Waals surface area contributed by atoms with E-state index < -0.39 is 0 Å². The number of rotatable bonds is 4. The number of hydrogen-bond acceptors (Lipinski definition) is 3. The molecule has 0 aliphatic carbocycles. The van der Waals surface area contributed by atoms with E-state index >= 15 is 0 Å². The van der Waals surface area contributed by atoms with Crippen molar-refractivity contribution in [2.24, 2.45) is 0 Å². The summed E-state index contributed by atoms with van der Waals surface area (Å²) in [5.74, 6) is 0. The van der Waals surface area contributed by atoms with Crippen LogP contribution >= 0.6 is 12.2 Å². The van der Waals surface area contributed by atoms with E-state index in [-0.39, 0.29) is 5.69 Å². The molecule has 0 spiro atoms. The van der Waals surface area contributed by atoms with Crippen LogP contribution in [-0.2, 0) is 4.74 Å². The summed E-state index contributed by atoms with van der Waals surface area (Å²) in [6.07, 6.45) is 0. The van der Waals surface area contributed by atoms with Crippen LogP contribution in [0, 0.1) is 0 Å². The number of aromatic amines is 2. The SMILES string of the molecule is COCCNC(=S)Nc1ccc2[nH]c(=O)[nH]c2c1. The third kappa shape index (κ3) is 3.08. The third-order valence-corrected chi connectivity index (χ3v) is 2.61. The highest BCUT2D eigenvalue weighted by atomic mass is 32.1. The highest BCUT2D eigenvalue weighted by molar-refractivity contribution is 7.80. The molecule has 1 heterocycles. The highest BCUT2D eigenvalue weighted by Crippen LogP contribution is 2.14. The minimum absolute atomic E-state index is 0.219. The van der Waals surface area contributed by atoms with Gasteiger partial charge in [0, 0.05) is 19.3 Å². The summed E-state index contributed by atoms with van der Waals surface area (Å²) in [7, 11) is 1.63. The van der Waals surface area contributed by atoms with Gasteiger partial charge in [-0.05, 0) is 30.4 Å². The molecule has 0 saturated carbocycles. The molecular weight excluding hydrogens is 252 g/mol. The second-order valence-electron chi connectivity index (χ2n) is 3.71. The van der Waals surface area contributed by atoms with Gasteiger partial charge in [0.25, 0.3) is 0 Å². The predicted molar refractivity (Wildman–Crippen MR) is 75.0 cm³/mol. The van der Waals surface area contributed by atoms with Gasteiger partial charge in [-0.2, -0.15) is 0 Å². The van der Waals surface area contributed by atoms with E-state index in [1.807, 2.05) is 18.2 Å². The lowest BCUT2D eigenvalue weighted by Gasteiger charge is -2.09. The van der Waals surface area contributed by atoms with E-state index in [9.17, 15) is 4.79 Å². The average molecular weight is 266 g/mol. The first-order chi connectivity index (χ1) is 8.69. The van der Waals surface area contributed by atoms with Gasteiger partial charge < -0.3 is 25.3 Å². The fourth-order valence-electron chi connectivity index (χ4n) is 1.55. The van der Waals surface area contributed by atoms with E-state index in [0.717, 1.165) is 16.7 Å². The van der Waals surface area contributed by atoms with Gasteiger partial charge in [-0.25, -0.2) is 4.79 Å². The summed E-state index contributed by atoms with van der Waals surface area (Å²) in [6, 6.07) is 5.47. The molecule has 6 nitrogen and oxygen atoms in total. The van der Waals surface area contributed by atoms with E-state index in [1.54, 1.807) is 7.11 Å². The van der Waals surface area contributed by atoms with Gasteiger partial charge in [0.05, 0.1) is 17.6 Å². The molecule has 0 aliphatic rings. The lowest BCUT2D eigenvalue weighted by molar-refractivity contribution is 0.204. The summed E-state index contributed by atoms with van der Waals surface area (Å²) in [5, 5.41) is 6.55. The van der Waals surface area contributed by atoms with Crippen molar-refractivity contribution in [3.8, 4) is 0 Å². The largest absolute Gasteiger partial charge is 0.383 e. The van der Waals surface area contributed by atoms with Gasteiger partial charge in [0.15, 0.2) is 5.11 Å². The summed E-state index contributed by atoms with van der Waals surface area (Å²) >= 11 is 5.12. The molecule has 4 N–H and O–H groups in total. The monoisotopic (exact) mass is 266 g/mol. The number of benzene rings is 1. The lowest BCUT2D eigenvalue weighted by atomic mass is 10.3. The normalized spacial score (nSPS) is 10.5. The maximum Gasteiger partial charge on any atom is 0.323 e. The van der Waals surface area contributed by atoms with E-state index in [4.69, 9.17) is 17.0 Å². The Balaban J connectivity index is 2.02. The average Bonchev–Trinajstić information content (AvgIpc) is 2.69. The fourth-order valence-corrected chi connectivity index (χ4v) is 1.77. The summed E-state index contributed by atoms with van der Waals surface area (Å²) in [6.45, 7) is 1.23. The van der Waals surface area contributed by atoms with E-state index in [0.29, 0.717) is 18.3 Å². The van der Waals surface area contributed by atoms with Crippen molar-refractivity contribution in [2.45, 2.75) is 0 Å². The van der Waals surface area contributed by atoms with Crippen LogP contribution in [0.2, 0.25) is 0 Å². The minimum Gasteiger partial charge on any atom is -0.383 e. The zero-order valence-corrected chi connectivity index (χ0v) is 10.7. The quantitative estimate of drug-likeness (QED) is 0.486. The number of hydrogen-bond donors (Lipinski definition) is 4. The van der Waals surface area contributed by atoms with Crippen molar-refractivity contribution in [3.05, 3.63) is 28.7 Å². The number of thiocarbonyl (C=S) groups is 1. The summed E-state index contributed by atoms with van der Waals surface area (Å²) in [4.78, 5) is 16.5. The molecule has 0 atom stereocenters. The second kappa shape index (κ2) is 5.65. The van der Waals surface area contributed by atoms with Crippen LogP contribution in [0.15, 0.2) is 23.0 Å². The van der Waals surface area contributed by atoms with Crippen molar-refractivity contribution in [3.63, 3.8) is 0 Å². The molecule has 0 fully saturated rings. The van der Waals surface area contributed by atoms with Crippen molar-refractivity contribution in [1.29, 1.82) is 0 Å². The van der Waals surface area contributed by atoms with Crippen molar-refractivity contribution in [2.75, 3.05) is 25.6 Å². The maximum atomic E-state index is 11.1. The molecule has 18 heavy (non-hydrogen) atoms. The zero-order valence-electron chi connectivity index (χ0n) is 9.87. The summed E-state index contributed by atoms with van der Waals surface area (Å²) < 4.78 is 4.91. The van der Waals surface area contributed by atoms with Crippen LogP contribution in [-0.4, -0.2) is 35.3 Å². The number of anilines is 1. The highest BCUT2D eigenvalue weighted by Gasteiger charge is 2.01. The number of methoxy groups -OCH3 is 1. The number of aromatic nitrogens is 2. The molecule has 7 heteroatoms. The van der Waals surface area contributed by atoms with Crippen LogP contribution in [0.25, 0.3) is 11.0 Å². The van der Waals surface area contributed by atoms with Gasteiger partial charge in [0.1, 0.15) is 0 Å². The molecule has 0 radical (unpaired) electrons. The fraction of sp³-hybridized carbons (Fsp3) is 0.273. The zero-order chi connectivity index (χ0) is 13.0. The van der Waals surface area contributed by atoms with Crippen LogP contribution in [0.4, 0.5) is 5.69 Å². The van der Waals surface area contributed by atoms with Gasteiger partial charge in [-0.3, -0.25) is 0 Å². The van der Waals surface area contributed by atoms with Crippen molar-refractivity contribution in [1.82, 2.24) is 15.3 Å². The smallest absolute Gasteiger partial charge is 0.323 e. The number of nitrogens with one attached hydrogen (secondary N) is 4. The Labute approximate surface area is 109 Å². The molecule has 1 aromatic carbocycles. The molecular formula is C11H14N4O2S. The van der Waals surface area contributed by atoms with Gasteiger partial charge >= 0.3 is 5.69 Å². The Morgan fingerprint density at radius 1 is 1.39 bits per heavy atom. The minimum atomic E-state index is -0.219. The molecule has 0 aliphatic heterocycles.